The van der Waals surface area contributed by atoms with Gasteiger partial charge in [-0.3, -0.25) is 4.79 Å². The van der Waals surface area contributed by atoms with Gasteiger partial charge in [-0.15, -0.1) is 24.0 Å². The molecule has 0 fully saturated rings. The Morgan fingerprint density at radius 3 is 2.38 bits per heavy atom. The first-order valence-electron chi connectivity index (χ1n) is 10.4. The van der Waals surface area contributed by atoms with Crippen LogP contribution >= 0.6 is 24.0 Å². The van der Waals surface area contributed by atoms with E-state index in [9.17, 15) is 18.0 Å². The third-order valence-corrected chi connectivity index (χ3v) is 5.07. The summed E-state index contributed by atoms with van der Waals surface area (Å²) in [5.41, 5.74) is 2.20. The van der Waals surface area contributed by atoms with Crippen LogP contribution in [-0.2, 0) is 30.6 Å². The third kappa shape index (κ3) is 7.39. The van der Waals surface area contributed by atoms with E-state index in [1.54, 1.807) is 6.07 Å². The zero-order valence-electron chi connectivity index (χ0n) is 17.9. The Morgan fingerprint density at radius 2 is 1.75 bits per heavy atom. The van der Waals surface area contributed by atoms with Crippen molar-refractivity contribution in [3.8, 4) is 0 Å². The second-order valence-electron chi connectivity index (χ2n) is 7.44. The quantitative estimate of drug-likeness (QED) is 0.224. The van der Waals surface area contributed by atoms with Gasteiger partial charge < -0.3 is 15.5 Å². The Hall–Kier alpha value is -2.30. The van der Waals surface area contributed by atoms with Gasteiger partial charge in [0.2, 0.25) is 5.91 Å². The summed E-state index contributed by atoms with van der Waals surface area (Å²) in [6, 6.07) is 13.2. The van der Waals surface area contributed by atoms with E-state index in [1.807, 2.05) is 36.1 Å². The molecule has 2 N–H and O–H groups in total. The number of carbonyl (C=O) groups is 1. The van der Waals surface area contributed by atoms with Crippen LogP contribution in [0.3, 0.4) is 0 Å². The minimum atomic E-state index is -4.37. The maximum absolute atomic E-state index is 12.9. The number of fused-ring (bicyclic) bond motifs is 1. The van der Waals surface area contributed by atoms with Crippen LogP contribution in [0.5, 0.6) is 0 Å². The lowest BCUT2D eigenvalue weighted by molar-refractivity contribution is -0.137. The standard InChI is InChI=1S/C23H27F3N4O.HI/c1-2-27-22(29-14-17-7-5-10-20(13-17)23(24,25)26)28-12-6-11-21(31)30-15-18-8-3-4-9-19(18)16-30;/h3-5,7-10,13H,2,6,11-12,14-16H2,1H3,(H2,27,28,29);1H. The van der Waals surface area contributed by atoms with Crippen molar-refractivity contribution in [2.24, 2.45) is 4.99 Å². The van der Waals surface area contributed by atoms with Crippen LogP contribution in [0, 0.1) is 0 Å². The first-order chi connectivity index (χ1) is 14.9. The SMILES string of the molecule is CCNC(=NCc1cccc(C(F)(F)F)c1)NCCCC(=O)N1Cc2ccccc2C1.I. The van der Waals surface area contributed by atoms with Crippen molar-refractivity contribution >= 4 is 35.8 Å². The molecule has 0 unspecified atom stereocenters. The van der Waals surface area contributed by atoms with E-state index in [0.717, 1.165) is 12.1 Å². The minimum Gasteiger partial charge on any atom is -0.357 e. The fourth-order valence-electron chi connectivity index (χ4n) is 3.47. The average Bonchev–Trinajstić information content (AvgIpc) is 3.19. The van der Waals surface area contributed by atoms with Crippen LogP contribution in [0.4, 0.5) is 13.2 Å². The molecule has 1 amide bonds. The molecule has 0 saturated carbocycles. The number of carbonyl (C=O) groups excluding carboxylic acids is 1. The number of hydrogen-bond donors (Lipinski definition) is 2. The van der Waals surface area contributed by atoms with Gasteiger partial charge in [0, 0.05) is 32.6 Å². The molecule has 0 bridgehead atoms. The average molecular weight is 560 g/mol. The summed E-state index contributed by atoms with van der Waals surface area (Å²) in [6.45, 7) is 4.52. The summed E-state index contributed by atoms with van der Waals surface area (Å²) in [5.74, 6) is 0.629. The van der Waals surface area contributed by atoms with E-state index >= 15 is 0 Å². The van der Waals surface area contributed by atoms with Gasteiger partial charge in [-0.2, -0.15) is 13.2 Å². The molecule has 9 heteroatoms. The molecule has 5 nitrogen and oxygen atoms in total. The molecule has 1 heterocycles. The van der Waals surface area contributed by atoms with Crippen LogP contribution in [-0.4, -0.2) is 29.9 Å². The second-order valence-corrected chi connectivity index (χ2v) is 7.44. The lowest BCUT2D eigenvalue weighted by Gasteiger charge is -2.16. The Kier molecular flexibility index (Phi) is 9.80. The summed E-state index contributed by atoms with van der Waals surface area (Å²) in [4.78, 5) is 18.7. The highest BCUT2D eigenvalue weighted by molar-refractivity contribution is 14.0. The molecule has 2 aromatic rings. The van der Waals surface area contributed by atoms with Crippen molar-refractivity contribution < 1.29 is 18.0 Å². The lowest BCUT2D eigenvalue weighted by Crippen LogP contribution is -2.38. The predicted molar refractivity (Wildman–Crippen MR) is 130 cm³/mol. The van der Waals surface area contributed by atoms with E-state index in [2.05, 4.69) is 15.6 Å². The van der Waals surface area contributed by atoms with Gasteiger partial charge in [0.05, 0.1) is 12.1 Å². The molecule has 0 spiro atoms. The first kappa shape index (κ1) is 26.0. The topological polar surface area (TPSA) is 56.7 Å². The fraction of sp³-hybridized carbons (Fsp3) is 0.391. The van der Waals surface area contributed by atoms with E-state index in [1.165, 1.54) is 17.2 Å². The molecule has 1 aliphatic heterocycles. The molecule has 174 valence electrons. The maximum atomic E-state index is 12.9. The Balaban J connectivity index is 0.00000363. The highest BCUT2D eigenvalue weighted by Crippen LogP contribution is 2.29. The number of amides is 1. The second kappa shape index (κ2) is 12.1. The number of halogens is 4. The van der Waals surface area contributed by atoms with Crippen LogP contribution in [0.25, 0.3) is 0 Å². The molecule has 0 radical (unpaired) electrons. The van der Waals surface area contributed by atoms with Gasteiger partial charge in [0.25, 0.3) is 0 Å². The van der Waals surface area contributed by atoms with Crippen LogP contribution in [0.1, 0.15) is 42.0 Å². The van der Waals surface area contributed by atoms with Crippen molar-refractivity contribution in [2.45, 2.75) is 45.6 Å². The van der Waals surface area contributed by atoms with Crippen molar-refractivity contribution in [1.82, 2.24) is 15.5 Å². The number of nitrogens with one attached hydrogen (secondary N) is 2. The highest BCUT2D eigenvalue weighted by atomic mass is 127. The highest BCUT2D eigenvalue weighted by Gasteiger charge is 2.30. The number of alkyl halides is 3. The Labute approximate surface area is 203 Å². The maximum Gasteiger partial charge on any atom is 0.416 e. The smallest absolute Gasteiger partial charge is 0.357 e. The van der Waals surface area contributed by atoms with Gasteiger partial charge in [0.15, 0.2) is 5.96 Å². The lowest BCUT2D eigenvalue weighted by atomic mass is 10.1. The Bertz CT molecular complexity index is 908. The van der Waals surface area contributed by atoms with E-state index in [4.69, 9.17) is 0 Å². The van der Waals surface area contributed by atoms with Gasteiger partial charge in [-0.25, -0.2) is 4.99 Å². The number of nitrogens with zero attached hydrogens (tertiary/aromatic N) is 2. The largest absolute Gasteiger partial charge is 0.416 e. The Morgan fingerprint density at radius 1 is 1.06 bits per heavy atom. The van der Waals surface area contributed by atoms with E-state index in [0.29, 0.717) is 50.5 Å². The monoisotopic (exact) mass is 560 g/mol. The van der Waals surface area contributed by atoms with E-state index < -0.39 is 11.7 Å². The van der Waals surface area contributed by atoms with Crippen molar-refractivity contribution in [3.63, 3.8) is 0 Å². The molecular weight excluding hydrogens is 532 g/mol. The summed E-state index contributed by atoms with van der Waals surface area (Å²) < 4.78 is 38.6. The molecule has 0 saturated heterocycles. The number of rotatable bonds is 7. The molecule has 0 aliphatic carbocycles. The minimum absolute atomic E-state index is 0. The number of hydrogen-bond acceptors (Lipinski definition) is 2. The molecule has 0 aromatic heterocycles. The van der Waals surface area contributed by atoms with Crippen molar-refractivity contribution in [1.29, 1.82) is 0 Å². The van der Waals surface area contributed by atoms with Gasteiger partial charge >= 0.3 is 6.18 Å². The molecule has 32 heavy (non-hydrogen) atoms. The van der Waals surface area contributed by atoms with E-state index in [-0.39, 0.29) is 36.4 Å². The van der Waals surface area contributed by atoms with Crippen molar-refractivity contribution in [2.75, 3.05) is 13.1 Å². The molecule has 1 aliphatic rings. The van der Waals surface area contributed by atoms with Crippen LogP contribution < -0.4 is 10.6 Å². The molecule has 2 aromatic carbocycles. The summed E-state index contributed by atoms with van der Waals surface area (Å²) in [5, 5.41) is 6.22. The molecule has 3 rings (SSSR count). The fourth-order valence-corrected chi connectivity index (χ4v) is 3.47. The third-order valence-electron chi connectivity index (χ3n) is 5.07. The van der Waals surface area contributed by atoms with Gasteiger partial charge in [0.1, 0.15) is 0 Å². The summed E-state index contributed by atoms with van der Waals surface area (Å²) >= 11 is 0. The van der Waals surface area contributed by atoms with Crippen LogP contribution in [0.2, 0.25) is 0 Å². The van der Waals surface area contributed by atoms with Gasteiger partial charge in [-0.05, 0) is 42.2 Å². The first-order valence-corrected chi connectivity index (χ1v) is 10.4. The zero-order valence-corrected chi connectivity index (χ0v) is 20.2. The normalized spacial score (nSPS) is 13.4. The molecule has 0 atom stereocenters. The zero-order chi connectivity index (χ0) is 22.3. The van der Waals surface area contributed by atoms with Crippen LogP contribution in [0.15, 0.2) is 53.5 Å². The van der Waals surface area contributed by atoms with Gasteiger partial charge in [-0.1, -0.05) is 36.4 Å². The summed E-state index contributed by atoms with van der Waals surface area (Å²) in [7, 11) is 0. The number of benzene rings is 2. The predicted octanol–water partition coefficient (Wildman–Crippen LogP) is 4.70. The number of aliphatic imine (C=N–C) groups is 1. The number of guanidine groups is 1. The van der Waals surface area contributed by atoms with Crippen molar-refractivity contribution in [3.05, 3.63) is 70.8 Å². The molecular formula is C23H28F3IN4O. The summed E-state index contributed by atoms with van der Waals surface area (Å²) in [6.07, 6.45) is -3.31.